The van der Waals surface area contributed by atoms with Gasteiger partial charge in [-0.05, 0) is 12.1 Å². The molecule has 0 aliphatic heterocycles. The highest BCUT2D eigenvalue weighted by molar-refractivity contribution is 7.99. The van der Waals surface area contributed by atoms with Crippen molar-refractivity contribution in [3.63, 3.8) is 0 Å². The minimum atomic E-state index is -0.664. The molecular formula is C12H14N2O5S. The third-order valence-corrected chi connectivity index (χ3v) is 3.84. The first-order chi connectivity index (χ1) is 9.36. The summed E-state index contributed by atoms with van der Waals surface area (Å²) in [5, 5.41) is 10.9. The maximum Gasteiger partial charge on any atom is 0.309 e. The lowest BCUT2D eigenvalue weighted by Gasteiger charge is -2.09. The largest absolute Gasteiger partial charge is 0.469 e. The molecule has 0 aliphatic rings. The van der Waals surface area contributed by atoms with E-state index in [-0.39, 0.29) is 11.3 Å². The molecule has 2 N–H and O–H groups in total. The first kappa shape index (κ1) is 16.0. The van der Waals surface area contributed by atoms with Crippen LogP contribution < -0.4 is 5.73 Å². The fraction of sp³-hybridized carbons (Fsp3) is 0.333. The monoisotopic (exact) mass is 298 g/mol. The van der Waals surface area contributed by atoms with E-state index >= 15 is 0 Å². The normalized spacial score (nSPS) is 11.7. The van der Waals surface area contributed by atoms with Gasteiger partial charge < -0.3 is 10.5 Å². The van der Waals surface area contributed by atoms with Gasteiger partial charge in [-0.2, -0.15) is 0 Å². The topological polar surface area (TPSA) is 113 Å². The Hall–Kier alpha value is -2.09. The number of rotatable bonds is 6. The summed E-state index contributed by atoms with van der Waals surface area (Å²) in [5.74, 6) is -1.17. The van der Waals surface area contributed by atoms with E-state index in [1.807, 2.05) is 0 Å². The number of carbonyl (C=O) groups excluding carboxylic acids is 2. The van der Waals surface area contributed by atoms with Crippen molar-refractivity contribution >= 4 is 29.3 Å². The van der Waals surface area contributed by atoms with Crippen LogP contribution >= 0.6 is 11.8 Å². The van der Waals surface area contributed by atoms with E-state index in [0.717, 1.165) is 11.8 Å². The molecular weight excluding hydrogens is 284 g/mol. The van der Waals surface area contributed by atoms with Gasteiger partial charge in [0.1, 0.15) is 0 Å². The molecule has 1 unspecified atom stereocenters. The van der Waals surface area contributed by atoms with E-state index < -0.39 is 22.7 Å². The van der Waals surface area contributed by atoms with Crippen LogP contribution in [0.4, 0.5) is 5.69 Å². The summed E-state index contributed by atoms with van der Waals surface area (Å²) in [6.07, 6.45) is 0. The highest BCUT2D eigenvalue weighted by Crippen LogP contribution is 2.31. The molecule has 8 heteroatoms. The number of nitrogens with zero attached hydrogens (tertiary/aromatic N) is 1. The number of methoxy groups -OCH3 is 1. The Morgan fingerprint density at radius 3 is 2.65 bits per heavy atom. The SMILES string of the molecule is COC(=O)C(C)CSc1cc(C(N)=O)ccc1[N+](=O)[O-]. The molecule has 0 spiro atoms. The molecule has 108 valence electrons. The Bertz CT molecular complexity index is 547. The summed E-state index contributed by atoms with van der Waals surface area (Å²) in [6.45, 7) is 1.66. The zero-order chi connectivity index (χ0) is 15.3. The average molecular weight is 298 g/mol. The van der Waals surface area contributed by atoms with Gasteiger partial charge in [0.2, 0.25) is 5.91 Å². The molecule has 0 heterocycles. The fourth-order valence-electron chi connectivity index (χ4n) is 1.42. The Balaban J connectivity index is 2.96. The van der Waals surface area contributed by atoms with Crippen LogP contribution in [-0.2, 0) is 9.53 Å². The number of benzene rings is 1. The maximum absolute atomic E-state index is 11.3. The smallest absolute Gasteiger partial charge is 0.309 e. The predicted molar refractivity (Wildman–Crippen MR) is 73.5 cm³/mol. The number of nitrogens with two attached hydrogens (primary N) is 1. The molecule has 0 aliphatic carbocycles. The van der Waals surface area contributed by atoms with Crippen molar-refractivity contribution in [3.05, 3.63) is 33.9 Å². The Labute approximate surface area is 119 Å². The van der Waals surface area contributed by atoms with Crippen LogP contribution in [0.15, 0.2) is 23.1 Å². The highest BCUT2D eigenvalue weighted by Gasteiger charge is 2.19. The van der Waals surface area contributed by atoms with Crippen LogP contribution in [0.3, 0.4) is 0 Å². The van der Waals surface area contributed by atoms with Gasteiger partial charge in [0, 0.05) is 17.4 Å². The number of thioether (sulfide) groups is 1. The lowest BCUT2D eigenvalue weighted by atomic mass is 10.2. The van der Waals surface area contributed by atoms with Crippen molar-refractivity contribution in [1.82, 2.24) is 0 Å². The summed E-state index contributed by atoms with van der Waals surface area (Å²) in [4.78, 5) is 33.0. The van der Waals surface area contributed by atoms with Gasteiger partial charge in [-0.1, -0.05) is 6.92 Å². The molecule has 20 heavy (non-hydrogen) atoms. The minimum Gasteiger partial charge on any atom is -0.469 e. The van der Waals surface area contributed by atoms with Crippen molar-refractivity contribution in [1.29, 1.82) is 0 Å². The van der Waals surface area contributed by atoms with Crippen molar-refractivity contribution in [2.24, 2.45) is 11.7 Å². The molecule has 0 bridgehead atoms. The highest BCUT2D eigenvalue weighted by atomic mass is 32.2. The van der Waals surface area contributed by atoms with Crippen LogP contribution in [0.1, 0.15) is 17.3 Å². The summed E-state index contributed by atoms with van der Waals surface area (Å²) in [6, 6.07) is 3.88. The quantitative estimate of drug-likeness (QED) is 0.369. The molecule has 0 saturated carbocycles. The second-order valence-corrected chi connectivity index (χ2v) is 5.10. The van der Waals surface area contributed by atoms with Crippen molar-refractivity contribution in [2.45, 2.75) is 11.8 Å². The molecule has 0 radical (unpaired) electrons. The van der Waals surface area contributed by atoms with Gasteiger partial charge >= 0.3 is 5.97 Å². The predicted octanol–water partition coefficient (Wildman–Crippen LogP) is 1.59. The molecule has 1 aromatic carbocycles. The number of ether oxygens (including phenoxy) is 1. The van der Waals surface area contributed by atoms with Crippen molar-refractivity contribution in [2.75, 3.05) is 12.9 Å². The van der Waals surface area contributed by atoms with E-state index in [1.165, 1.54) is 25.3 Å². The fourth-order valence-corrected chi connectivity index (χ4v) is 2.48. The van der Waals surface area contributed by atoms with E-state index in [1.54, 1.807) is 6.92 Å². The van der Waals surface area contributed by atoms with Gasteiger partial charge in [-0.25, -0.2) is 0 Å². The van der Waals surface area contributed by atoms with E-state index in [0.29, 0.717) is 10.6 Å². The lowest BCUT2D eigenvalue weighted by molar-refractivity contribution is -0.387. The number of hydrogen-bond donors (Lipinski definition) is 1. The van der Waals surface area contributed by atoms with Gasteiger partial charge in [0.05, 0.1) is 22.8 Å². The molecule has 1 amide bonds. The van der Waals surface area contributed by atoms with Crippen molar-refractivity contribution < 1.29 is 19.2 Å². The molecule has 1 rings (SSSR count). The number of carbonyl (C=O) groups is 2. The number of nitro groups is 1. The summed E-state index contributed by atoms with van der Waals surface area (Å²) >= 11 is 1.11. The third-order valence-electron chi connectivity index (χ3n) is 2.53. The lowest BCUT2D eigenvalue weighted by Crippen LogP contribution is -2.15. The summed E-state index contributed by atoms with van der Waals surface area (Å²) in [7, 11) is 1.28. The van der Waals surface area contributed by atoms with Crippen molar-refractivity contribution in [3.8, 4) is 0 Å². The molecule has 0 fully saturated rings. The van der Waals surface area contributed by atoms with Crippen LogP contribution in [-0.4, -0.2) is 29.7 Å². The zero-order valence-electron chi connectivity index (χ0n) is 11.0. The molecule has 0 aromatic heterocycles. The standard InChI is InChI=1S/C12H14N2O5S/c1-7(12(16)19-2)6-20-10-5-8(11(13)15)3-4-9(10)14(17)18/h3-5,7H,6H2,1-2H3,(H2,13,15). The number of primary amides is 1. The van der Waals surface area contributed by atoms with Gasteiger partial charge in [-0.15, -0.1) is 11.8 Å². The number of nitro benzene ring substituents is 1. The van der Waals surface area contributed by atoms with Gasteiger partial charge in [0.25, 0.3) is 5.69 Å². The van der Waals surface area contributed by atoms with Crippen LogP contribution in [0.25, 0.3) is 0 Å². The first-order valence-electron chi connectivity index (χ1n) is 5.65. The molecule has 1 aromatic rings. The molecule has 0 saturated heterocycles. The summed E-state index contributed by atoms with van der Waals surface area (Å²) < 4.78 is 4.58. The summed E-state index contributed by atoms with van der Waals surface area (Å²) in [5.41, 5.74) is 5.20. The Kier molecular flexibility index (Phi) is 5.51. The molecule has 1 atom stereocenters. The van der Waals surface area contributed by atoms with E-state index in [9.17, 15) is 19.7 Å². The maximum atomic E-state index is 11.3. The van der Waals surface area contributed by atoms with Crippen LogP contribution in [0.5, 0.6) is 0 Å². The first-order valence-corrected chi connectivity index (χ1v) is 6.64. The number of esters is 1. The average Bonchev–Trinajstić information content (AvgIpc) is 2.43. The van der Waals surface area contributed by atoms with Gasteiger partial charge in [-0.3, -0.25) is 19.7 Å². The number of amides is 1. The second-order valence-electron chi connectivity index (χ2n) is 4.04. The molecule has 7 nitrogen and oxygen atoms in total. The Morgan fingerprint density at radius 2 is 2.15 bits per heavy atom. The van der Waals surface area contributed by atoms with Gasteiger partial charge in [0.15, 0.2) is 0 Å². The Morgan fingerprint density at radius 1 is 1.50 bits per heavy atom. The van der Waals surface area contributed by atoms with Crippen LogP contribution in [0.2, 0.25) is 0 Å². The number of hydrogen-bond acceptors (Lipinski definition) is 6. The third kappa shape index (κ3) is 3.95. The van der Waals surface area contributed by atoms with E-state index in [4.69, 9.17) is 5.73 Å². The van der Waals surface area contributed by atoms with E-state index in [2.05, 4.69) is 4.74 Å². The zero-order valence-corrected chi connectivity index (χ0v) is 11.8. The second kappa shape index (κ2) is 6.90. The van der Waals surface area contributed by atoms with Crippen LogP contribution in [0, 0.1) is 16.0 Å². The minimum absolute atomic E-state index is 0.128.